The molecule has 0 aliphatic carbocycles. The largest absolute Gasteiger partial charge is 0.316 e. The van der Waals surface area contributed by atoms with Gasteiger partial charge in [0, 0.05) is 13.1 Å². The number of carbonyl (C=O) groups is 2. The molecule has 0 bridgehead atoms. The van der Waals surface area contributed by atoms with E-state index in [-0.39, 0.29) is 5.96 Å². The summed E-state index contributed by atoms with van der Waals surface area (Å²) in [5.41, 5.74) is 0. The van der Waals surface area contributed by atoms with Crippen LogP contribution in [0.1, 0.15) is 19.3 Å². The van der Waals surface area contributed by atoms with Crippen molar-refractivity contribution in [3.8, 4) is 0 Å². The van der Waals surface area contributed by atoms with Crippen LogP contribution in [0.25, 0.3) is 0 Å². The van der Waals surface area contributed by atoms with Crippen LogP contribution in [0.5, 0.6) is 0 Å². The number of hydrogen-bond donors (Lipinski definition) is 2. The lowest BCUT2D eigenvalue weighted by molar-refractivity contribution is -0.135. The van der Waals surface area contributed by atoms with E-state index in [4.69, 9.17) is 0 Å². The number of hydrogen-bond acceptors (Lipinski definition) is 4. The summed E-state index contributed by atoms with van der Waals surface area (Å²) in [6, 6.07) is 0. The van der Waals surface area contributed by atoms with Crippen molar-refractivity contribution in [1.29, 1.82) is 0 Å². The van der Waals surface area contributed by atoms with Crippen LogP contribution in [0.4, 0.5) is 0 Å². The molecule has 0 aromatic heterocycles. The molecule has 76 valence electrons. The minimum absolute atomic E-state index is 0.252. The maximum Gasteiger partial charge on any atom is 0.316 e. The van der Waals surface area contributed by atoms with Gasteiger partial charge in [-0.05, 0) is 19.3 Å². The average molecular weight is 196 g/mol. The molecule has 6 heteroatoms. The molecule has 2 heterocycles. The van der Waals surface area contributed by atoms with E-state index in [2.05, 4.69) is 15.7 Å². The van der Waals surface area contributed by atoms with E-state index in [9.17, 15) is 9.59 Å². The summed E-state index contributed by atoms with van der Waals surface area (Å²) in [5.74, 6) is -1.02. The SMILES string of the molecule is O=C1NC(=NN2CCCCC2)NC1=O. The summed E-state index contributed by atoms with van der Waals surface area (Å²) in [7, 11) is 0. The second-order valence-corrected chi connectivity index (χ2v) is 3.37. The van der Waals surface area contributed by atoms with Crippen LogP contribution in [0.2, 0.25) is 0 Å². The lowest BCUT2D eigenvalue weighted by Gasteiger charge is -2.23. The number of carbonyl (C=O) groups excluding carboxylic acids is 2. The second-order valence-electron chi connectivity index (χ2n) is 3.37. The van der Waals surface area contributed by atoms with E-state index in [1.807, 2.05) is 5.01 Å². The van der Waals surface area contributed by atoms with Crippen LogP contribution in [0, 0.1) is 0 Å². The van der Waals surface area contributed by atoms with Gasteiger partial charge in [0.25, 0.3) is 0 Å². The molecular weight excluding hydrogens is 184 g/mol. The highest BCUT2D eigenvalue weighted by molar-refractivity contribution is 6.45. The minimum Gasteiger partial charge on any atom is -0.294 e. The first-order chi connectivity index (χ1) is 6.75. The molecular formula is C8H12N4O2. The fourth-order valence-corrected chi connectivity index (χ4v) is 1.53. The smallest absolute Gasteiger partial charge is 0.294 e. The highest BCUT2D eigenvalue weighted by Crippen LogP contribution is 2.08. The summed E-state index contributed by atoms with van der Waals surface area (Å²) in [6.07, 6.45) is 3.44. The highest BCUT2D eigenvalue weighted by Gasteiger charge is 2.26. The summed E-state index contributed by atoms with van der Waals surface area (Å²) >= 11 is 0. The van der Waals surface area contributed by atoms with Crippen molar-refractivity contribution in [3.05, 3.63) is 0 Å². The monoisotopic (exact) mass is 196 g/mol. The molecule has 2 saturated heterocycles. The van der Waals surface area contributed by atoms with Crippen molar-refractivity contribution in [3.63, 3.8) is 0 Å². The normalized spacial score (nSPS) is 22.0. The average Bonchev–Trinajstić information content (AvgIpc) is 2.47. The number of hydrazone groups is 1. The Hall–Kier alpha value is -1.59. The lowest BCUT2D eigenvalue weighted by atomic mass is 10.2. The van der Waals surface area contributed by atoms with E-state index in [0.717, 1.165) is 25.9 Å². The predicted molar refractivity (Wildman–Crippen MR) is 49.1 cm³/mol. The Morgan fingerprint density at radius 3 is 2.14 bits per heavy atom. The topological polar surface area (TPSA) is 73.8 Å². The van der Waals surface area contributed by atoms with Gasteiger partial charge in [0.1, 0.15) is 0 Å². The third-order valence-electron chi connectivity index (χ3n) is 2.24. The van der Waals surface area contributed by atoms with Crippen LogP contribution in [0.3, 0.4) is 0 Å². The first-order valence-corrected chi connectivity index (χ1v) is 4.71. The first kappa shape index (κ1) is 8.98. The van der Waals surface area contributed by atoms with Crippen LogP contribution < -0.4 is 10.6 Å². The van der Waals surface area contributed by atoms with Gasteiger partial charge < -0.3 is 0 Å². The van der Waals surface area contributed by atoms with Crippen molar-refractivity contribution in [1.82, 2.24) is 15.6 Å². The number of amides is 2. The van der Waals surface area contributed by atoms with Crippen LogP contribution >= 0.6 is 0 Å². The zero-order valence-corrected chi connectivity index (χ0v) is 7.75. The molecule has 2 fully saturated rings. The summed E-state index contributed by atoms with van der Waals surface area (Å²) in [4.78, 5) is 21.6. The Balaban J connectivity index is 1.97. The Morgan fingerprint density at radius 2 is 1.57 bits per heavy atom. The Kier molecular flexibility index (Phi) is 2.34. The molecule has 0 spiro atoms. The molecule has 0 saturated carbocycles. The van der Waals surface area contributed by atoms with Crippen LogP contribution in [-0.4, -0.2) is 35.9 Å². The summed E-state index contributed by atoms with van der Waals surface area (Å²) in [6.45, 7) is 1.77. The fraction of sp³-hybridized carbons (Fsp3) is 0.625. The molecule has 0 aromatic rings. The zero-order valence-electron chi connectivity index (χ0n) is 7.75. The molecule has 0 radical (unpaired) electrons. The van der Waals surface area contributed by atoms with Crippen LogP contribution in [0.15, 0.2) is 5.10 Å². The number of guanidine groups is 1. The second kappa shape index (κ2) is 3.65. The van der Waals surface area contributed by atoms with Crippen molar-refractivity contribution in [2.24, 2.45) is 5.10 Å². The number of rotatable bonds is 1. The van der Waals surface area contributed by atoms with Gasteiger partial charge in [0.05, 0.1) is 0 Å². The zero-order chi connectivity index (χ0) is 9.97. The molecule has 0 aromatic carbocycles. The lowest BCUT2D eigenvalue weighted by Crippen LogP contribution is -2.33. The minimum atomic E-state index is -0.638. The molecule has 2 N–H and O–H groups in total. The Labute approximate surface area is 81.3 Å². The van der Waals surface area contributed by atoms with E-state index in [1.165, 1.54) is 6.42 Å². The van der Waals surface area contributed by atoms with E-state index in [0.29, 0.717) is 0 Å². The van der Waals surface area contributed by atoms with E-state index < -0.39 is 11.8 Å². The molecule has 14 heavy (non-hydrogen) atoms. The van der Waals surface area contributed by atoms with Gasteiger partial charge in [-0.1, -0.05) is 0 Å². The molecule has 0 unspecified atom stereocenters. The third-order valence-corrected chi connectivity index (χ3v) is 2.24. The highest BCUT2D eigenvalue weighted by atomic mass is 16.2. The van der Waals surface area contributed by atoms with Crippen molar-refractivity contribution >= 4 is 17.8 Å². The molecule has 2 rings (SSSR count). The van der Waals surface area contributed by atoms with Gasteiger partial charge >= 0.3 is 11.8 Å². The Morgan fingerprint density at radius 1 is 1.00 bits per heavy atom. The quantitative estimate of drug-likeness (QED) is 0.528. The van der Waals surface area contributed by atoms with Crippen molar-refractivity contribution < 1.29 is 9.59 Å². The number of nitrogens with one attached hydrogen (secondary N) is 2. The van der Waals surface area contributed by atoms with Crippen molar-refractivity contribution in [2.75, 3.05) is 13.1 Å². The first-order valence-electron chi connectivity index (χ1n) is 4.71. The van der Waals surface area contributed by atoms with Gasteiger partial charge in [-0.15, -0.1) is 5.10 Å². The fourth-order valence-electron chi connectivity index (χ4n) is 1.53. The van der Waals surface area contributed by atoms with Gasteiger partial charge in [-0.2, -0.15) is 0 Å². The molecule has 2 aliphatic rings. The standard InChI is InChI=1S/C8H12N4O2/c13-6-7(14)10-8(9-6)11-12-4-2-1-3-5-12/h1-5H2,(H2,9,10,11,13,14). The van der Waals surface area contributed by atoms with Gasteiger partial charge in [-0.3, -0.25) is 25.2 Å². The number of piperidine rings is 1. The number of nitrogens with zero attached hydrogens (tertiary/aromatic N) is 2. The molecule has 0 atom stereocenters. The molecule has 2 aliphatic heterocycles. The van der Waals surface area contributed by atoms with Gasteiger partial charge in [-0.25, -0.2) is 0 Å². The Bertz CT molecular complexity index is 276. The van der Waals surface area contributed by atoms with E-state index in [1.54, 1.807) is 0 Å². The predicted octanol–water partition coefficient (Wildman–Crippen LogP) is -1.01. The van der Waals surface area contributed by atoms with Gasteiger partial charge in [0.15, 0.2) is 0 Å². The van der Waals surface area contributed by atoms with Crippen LogP contribution in [-0.2, 0) is 9.59 Å². The van der Waals surface area contributed by atoms with Crippen molar-refractivity contribution in [2.45, 2.75) is 19.3 Å². The maximum atomic E-state index is 10.8. The molecule has 2 amide bonds. The summed E-state index contributed by atoms with van der Waals surface area (Å²) < 4.78 is 0. The van der Waals surface area contributed by atoms with Gasteiger partial charge in [0.2, 0.25) is 5.96 Å². The maximum absolute atomic E-state index is 10.8. The summed E-state index contributed by atoms with van der Waals surface area (Å²) in [5, 5.41) is 10.7. The third kappa shape index (κ3) is 1.84. The van der Waals surface area contributed by atoms with E-state index >= 15 is 0 Å². The molecule has 6 nitrogen and oxygen atoms in total.